The summed E-state index contributed by atoms with van der Waals surface area (Å²) in [7, 11) is 4.07. The normalized spacial score (nSPS) is 13.3. The summed E-state index contributed by atoms with van der Waals surface area (Å²) in [5.41, 5.74) is 1.22. The smallest absolute Gasteiger partial charge is 0.0722 e. The van der Waals surface area contributed by atoms with Gasteiger partial charge in [0, 0.05) is 10.1 Å². The molecule has 0 aliphatic carbocycles. The van der Waals surface area contributed by atoms with Gasteiger partial charge >= 0.3 is 0 Å². The fraction of sp³-hybridized carbons (Fsp3) is 0.400. The predicted octanol–water partition coefficient (Wildman–Crippen LogP) is 3.13. The molecule has 0 aliphatic heterocycles. The molecule has 0 N–H and O–H groups in total. The molecule has 0 saturated heterocycles. The number of hydrogen-bond donors (Lipinski definition) is 0. The van der Waals surface area contributed by atoms with Crippen LogP contribution < -0.4 is 0 Å². The Labute approximate surface area is 98.2 Å². The third kappa shape index (κ3) is 3.44. The maximum Gasteiger partial charge on any atom is 0.0722 e. The van der Waals surface area contributed by atoms with Crippen LogP contribution in [0.25, 0.3) is 0 Å². The van der Waals surface area contributed by atoms with Crippen LogP contribution in [0.2, 0.25) is 0 Å². The predicted molar refractivity (Wildman–Crippen MR) is 66.3 cm³/mol. The van der Waals surface area contributed by atoms with E-state index in [4.69, 9.17) is 11.6 Å². The van der Waals surface area contributed by atoms with Crippen LogP contribution in [0.5, 0.6) is 0 Å². The van der Waals surface area contributed by atoms with Crippen LogP contribution in [0.1, 0.15) is 10.9 Å². The second kappa shape index (κ2) is 5.17. The highest BCUT2D eigenvalue weighted by molar-refractivity contribution is 14.1. The number of alkyl halides is 1. The molecule has 0 spiro atoms. The highest BCUT2D eigenvalue weighted by Crippen LogP contribution is 2.25. The fourth-order valence-electron chi connectivity index (χ4n) is 1.15. The van der Waals surface area contributed by atoms with E-state index in [0.717, 1.165) is 6.54 Å². The molecule has 0 bridgehead atoms. The van der Waals surface area contributed by atoms with Gasteiger partial charge in [-0.3, -0.25) is 0 Å². The van der Waals surface area contributed by atoms with Crippen LogP contribution in [0.4, 0.5) is 0 Å². The molecule has 0 heterocycles. The first-order valence-corrected chi connectivity index (χ1v) is 5.66. The number of hydrogen-bond acceptors (Lipinski definition) is 1. The van der Waals surface area contributed by atoms with Gasteiger partial charge in [0.15, 0.2) is 0 Å². The Morgan fingerprint density at radius 1 is 1.38 bits per heavy atom. The number of halogens is 2. The van der Waals surface area contributed by atoms with E-state index in [1.54, 1.807) is 0 Å². The zero-order chi connectivity index (χ0) is 9.84. The molecule has 1 aromatic rings. The molecular weight excluding hydrogens is 296 g/mol. The van der Waals surface area contributed by atoms with E-state index in [1.807, 2.05) is 26.2 Å². The molecule has 72 valence electrons. The molecule has 1 atom stereocenters. The Morgan fingerprint density at radius 2 is 2.00 bits per heavy atom. The summed E-state index contributed by atoms with van der Waals surface area (Å²) in [6.07, 6.45) is 0. The van der Waals surface area contributed by atoms with E-state index in [0.29, 0.717) is 0 Å². The van der Waals surface area contributed by atoms with Gasteiger partial charge in [0.2, 0.25) is 0 Å². The molecule has 1 aromatic carbocycles. The van der Waals surface area contributed by atoms with Gasteiger partial charge < -0.3 is 4.90 Å². The molecule has 1 nitrogen and oxygen atoms in total. The van der Waals surface area contributed by atoms with E-state index >= 15 is 0 Å². The molecule has 0 unspecified atom stereocenters. The van der Waals surface area contributed by atoms with Crippen molar-refractivity contribution in [1.29, 1.82) is 0 Å². The van der Waals surface area contributed by atoms with Crippen molar-refractivity contribution in [3.05, 3.63) is 33.4 Å². The Morgan fingerprint density at radius 3 is 2.54 bits per heavy atom. The lowest BCUT2D eigenvalue weighted by molar-refractivity contribution is 0.407. The molecule has 13 heavy (non-hydrogen) atoms. The number of nitrogens with zero attached hydrogens (tertiary/aromatic N) is 1. The summed E-state index contributed by atoms with van der Waals surface area (Å²) < 4.78 is 1.24. The van der Waals surface area contributed by atoms with E-state index in [1.165, 1.54) is 9.13 Å². The first kappa shape index (κ1) is 11.3. The van der Waals surface area contributed by atoms with Crippen molar-refractivity contribution in [3.63, 3.8) is 0 Å². The molecule has 3 heteroatoms. The standard InChI is InChI=1S/C10H13ClIN/c1-13(2)7-9(11)8-5-3-4-6-10(8)12/h3-6,9H,7H2,1-2H3/t9-/m1/s1. The Hall–Kier alpha value is 0.200. The Kier molecular flexibility index (Phi) is 4.49. The largest absolute Gasteiger partial charge is 0.308 e. The van der Waals surface area contributed by atoms with Gasteiger partial charge in [-0.25, -0.2) is 0 Å². The Bertz CT molecular complexity index is 275. The van der Waals surface area contributed by atoms with Gasteiger partial charge in [-0.15, -0.1) is 11.6 Å². The van der Waals surface area contributed by atoms with Crippen LogP contribution in [-0.4, -0.2) is 25.5 Å². The lowest BCUT2D eigenvalue weighted by Crippen LogP contribution is -2.17. The lowest BCUT2D eigenvalue weighted by atomic mass is 10.1. The molecule has 0 fully saturated rings. The second-order valence-corrected chi connectivity index (χ2v) is 4.94. The number of benzene rings is 1. The zero-order valence-electron chi connectivity index (χ0n) is 7.80. The summed E-state index contributed by atoms with van der Waals surface area (Å²) in [6, 6.07) is 8.23. The molecular formula is C10H13ClIN. The molecule has 0 saturated carbocycles. The van der Waals surface area contributed by atoms with Crippen LogP contribution in [0.15, 0.2) is 24.3 Å². The topological polar surface area (TPSA) is 3.24 Å². The molecule has 0 amide bonds. The summed E-state index contributed by atoms with van der Waals surface area (Å²) in [6.45, 7) is 0.877. The number of likely N-dealkylation sites (N-methyl/N-ethyl adjacent to an activating group) is 1. The maximum atomic E-state index is 6.26. The summed E-state index contributed by atoms with van der Waals surface area (Å²) >= 11 is 8.58. The van der Waals surface area contributed by atoms with Crippen molar-refractivity contribution < 1.29 is 0 Å². The van der Waals surface area contributed by atoms with Crippen molar-refractivity contribution in [2.45, 2.75) is 5.38 Å². The SMILES string of the molecule is CN(C)C[C@@H](Cl)c1ccccc1I. The van der Waals surface area contributed by atoms with Crippen LogP contribution in [0.3, 0.4) is 0 Å². The van der Waals surface area contributed by atoms with E-state index in [9.17, 15) is 0 Å². The minimum atomic E-state index is 0.0862. The van der Waals surface area contributed by atoms with Crippen molar-refractivity contribution in [2.24, 2.45) is 0 Å². The minimum Gasteiger partial charge on any atom is -0.308 e. The average molecular weight is 310 g/mol. The van der Waals surface area contributed by atoms with Crippen molar-refractivity contribution >= 4 is 34.2 Å². The highest BCUT2D eigenvalue weighted by atomic mass is 127. The van der Waals surface area contributed by atoms with Crippen molar-refractivity contribution in [3.8, 4) is 0 Å². The Balaban J connectivity index is 2.76. The van der Waals surface area contributed by atoms with Crippen LogP contribution >= 0.6 is 34.2 Å². The minimum absolute atomic E-state index is 0.0862. The highest BCUT2D eigenvalue weighted by Gasteiger charge is 2.11. The second-order valence-electron chi connectivity index (χ2n) is 3.25. The van der Waals surface area contributed by atoms with Gasteiger partial charge in [-0.1, -0.05) is 18.2 Å². The van der Waals surface area contributed by atoms with Gasteiger partial charge in [0.1, 0.15) is 0 Å². The fourth-order valence-corrected chi connectivity index (χ4v) is 2.56. The molecule has 0 radical (unpaired) electrons. The third-order valence-electron chi connectivity index (χ3n) is 1.77. The van der Waals surface area contributed by atoms with Gasteiger partial charge in [0.25, 0.3) is 0 Å². The first-order valence-electron chi connectivity index (χ1n) is 4.14. The summed E-state index contributed by atoms with van der Waals surface area (Å²) in [5.74, 6) is 0. The van der Waals surface area contributed by atoms with E-state index in [-0.39, 0.29) is 5.38 Å². The first-order chi connectivity index (χ1) is 6.11. The zero-order valence-corrected chi connectivity index (χ0v) is 10.7. The quantitative estimate of drug-likeness (QED) is 0.612. The van der Waals surface area contributed by atoms with Crippen LogP contribution in [-0.2, 0) is 0 Å². The van der Waals surface area contributed by atoms with Crippen molar-refractivity contribution in [1.82, 2.24) is 4.90 Å². The third-order valence-corrected chi connectivity index (χ3v) is 3.12. The van der Waals surface area contributed by atoms with Gasteiger partial charge in [-0.05, 0) is 48.3 Å². The van der Waals surface area contributed by atoms with Crippen LogP contribution in [0, 0.1) is 3.57 Å². The molecule has 1 rings (SSSR count). The van der Waals surface area contributed by atoms with E-state index < -0.39 is 0 Å². The monoisotopic (exact) mass is 309 g/mol. The maximum absolute atomic E-state index is 6.26. The van der Waals surface area contributed by atoms with Gasteiger partial charge in [-0.2, -0.15) is 0 Å². The average Bonchev–Trinajstić information content (AvgIpc) is 2.03. The van der Waals surface area contributed by atoms with Gasteiger partial charge in [0.05, 0.1) is 5.38 Å². The molecule has 0 aromatic heterocycles. The molecule has 0 aliphatic rings. The number of rotatable bonds is 3. The van der Waals surface area contributed by atoms with E-state index in [2.05, 4.69) is 39.6 Å². The summed E-state index contributed by atoms with van der Waals surface area (Å²) in [4.78, 5) is 2.10. The summed E-state index contributed by atoms with van der Waals surface area (Å²) in [5, 5.41) is 0.0862. The van der Waals surface area contributed by atoms with Crippen molar-refractivity contribution in [2.75, 3.05) is 20.6 Å². The lowest BCUT2D eigenvalue weighted by Gasteiger charge is -2.16.